The number of pyridine rings is 1. The summed E-state index contributed by atoms with van der Waals surface area (Å²) in [7, 11) is 4.82. The number of nitrogens with zero attached hydrogens (tertiary/aromatic N) is 1. The first-order valence-corrected chi connectivity index (χ1v) is 6.29. The zero-order valence-electron chi connectivity index (χ0n) is 11.6. The van der Waals surface area contributed by atoms with Crippen LogP contribution >= 0.6 is 0 Å². The van der Waals surface area contributed by atoms with Crippen molar-refractivity contribution in [1.29, 1.82) is 0 Å². The summed E-state index contributed by atoms with van der Waals surface area (Å²) in [5, 5.41) is 2.08. The fraction of sp³-hybridized carbons (Fsp3) is 0.267. The maximum Gasteiger partial charge on any atom is 0.202 e. The highest BCUT2D eigenvalue weighted by Gasteiger charge is 2.20. The molecule has 3 rings (SSSR count). The summed E-state index contributed by atoms with van der Waals surface area (Å²) in [6.45, 7) is 0. The Balaban J connectivity index is 2.39. The largest absolute Gasteiger partial charge is 0.494 e. The normalized spacial score (nSPS) is 11.6. The Morgan fingerprint density at radius 1 is 1.10 bits per heavy atom. The fourth-order valence-corrected chi connectivity index (χ4v) is 2.50. The van der Waals surface area contributed by atoms with E-state index in [2.05, 4.69) is 16.0 Å². The first-order chi connectivity index (χ1) is 9.80. The van der Waals surface area contributed by atoms with Crippen molar-refractivity contribution in [3.8, 4) is 5.75 Å². The van der Waals surface area contributed by atoms with Crippen LogP contribution in [0.25, 0.3) is 21.8 Å². The van der Waals surface area contributed by atoms with Crippen LogP contribution < -0.4 is 4.74 Å². The lowest BCUT2D eigenvalue weighted by atomic mass is 10.1. The van der Waals surface area contributed by atoms with Crippen LogP contribution in [-0.2, 0) is 9.47 Å². The molecule has 1 aromatic carbocycles. The van der Waals surface area contributed by atoms with Gasteiger partial charge < -0.3 is 19.2 Å². The van der Waals surface area contributed by atoms with Crippen LogP contribution in [0.3, 0.4) is 0 Å². The molecule has 20 heavy (non-hydrogen) atoms. The van der Waals surface area contributed by atoms with Crippen molar-refractivity contribution in [2.45, 2.75) is 6.29 Å². The number of para-hydroxylation sites is 1. The lowest BCUT2D eigenvalue weighted by molar-refractivity contribution is -0.107. The molecule has 5 nitrogen and oxygen atoms in total. The number of nitrogens with one attached hydrogen (secondary N) is 1. The predicted octanol–water partition coefficient (Wildman–Crippen LogP) is 3.02. The molecule has 2 heterocycles. The van der Waals surface area contributed by atoms with Crippen molar-refractivity contribution in [3.63, 3.8) is 0 Å². The Bertz CT molecular complexity index is 747. The van der Waals surface area contributed by atoms with E-state index in [1.165, 1.54) is 0 Å². The van der Waals surface area contributed by atoms with E-state index in [4.69, 9.17) is 14.2 Å². The average Bonchev–Trinajstić information content (AvgIpc) is 2.88. The topological polar surface area (TPSA) is 56.4 Å². The van der Waals surface area contributed by atoms with E-state index in [1.54, 1.807) is 27.5 Å². The van der Waals surface area contributed by atoms with Crippen LogP contribution in [0.2, 0.25) is 0 Å². The summed E-state index contributed by atoms with van der Waals surface area (Å²) in [5.41, 5.74) is 2.61. The molecule has 3 aromatic rings. The molecule has 0 aliphatic carbocycles. The minimum atomic E-state index is -0.517. The van der Waals surface area contributed by atoms with Gasteiger partial charge in [-0.25, -0.2) is 4.98 Å². The van der Waals surface area contributed by atoms with Crippen molar-refractivity contribution in [2.24, 2.45) is 0 Å². The molecule has 0 fully saturated rings. The van der Waals surface area contributed by atoms with Crippen LogP contribution in [0, 0.1) is 0 Å². The maximum absolute atomic E-state index is 5.43. The van der Waals surface area contributed by atoms with E-state index >= 15 is 0 Å². The summed E-state index contributed by atoms with van der Waals surface area (Å²) in [5.74, 6) is 0.729. The van der Waals surface area contributed by atoms with Gasteiger partial charge in [0, 0.05) is 25.1 Å². The molecule has 0 spiro atoms. The molecule has 0 aliphatic rings. The van der Waals surface area contributed by atoms with Crippen molar-refractivity contribution in [2.75, 3.05) is 21.3 Å². The van der Waals surface area contributed by atoms with Crippen molar-refractivity contribution >= 4 is 21.8 Å². The van der Waals surface area contributed by atoms with Crippen molar-refractivity contribution in [3.05, 3.63) is 36.2 Å². The lowest BCUT2D eigenvalue weighted by Crippen LogP contribution is -2.07. The first-order valence-electron chi connectivity index (χ1n) is 6.29. The molecule has 104 valence electrons. The molecule has 0 radical (unpaired) electrons. The molecule has 0 aliphatic heterocycles. The number of ether oxygens (including phenoxy) is 3. The summed E-state index contributed by atoms with van der Waals surface area (Å²) in [4.78, 5) is 7.78. The van der Waals surface area contributed by atoms with Crippen LogP contribution in [0.4, 0.5) is 0 Å². The van der Waals surface area contributed by atoms with Gasteiger partial charge in [-0.15, -0.1) is 0 Å². The summed E-state index contributed by atoms with van der Waals surface area (Å²) in [6.07, 6.45) is 1.18. The smallest absolute Gasteiger partial charge is 0.202 e. The van der Waals surface area contributed by atoms with Crippen LogP contribution in [0.15, 0.2) is 30.5 Å². The lowest BCUT2D eigenvalue weighted by Gasteiger charge is -2.14. The minimum Gasteiger partial charge on any atom is -0.494 e. The van der Waals surface area contributed by atoms with Crippen molar-refractivity contribution in [1.82, 2.24) is 9.97 Å². The zero-order chi connectivity index (χ0) is 14.1. The van der Waals surface area contributed by atoms with Crippen LogP contribution in [0.1, 0.15) is 12.0 Å². The molecular formula is C15H16N2O3. The van der Waals surface area contributed by atoms with E-state index in [0.29, 0.717) is 5.69 Å². The van der Waals surface area contributed by atoms with Gasteiger partial charge in [-0.2, -0.15) is 0 Å². The molecule has 2 aromatic heterocycles. The highest BCUT2D eigenvalue weighted by molar-refractivity contribution is 6.10. The highest BCUT2D eigenvalue weighted by atomic mass is 16.7. The molecule has 5 heteroatoms. The number of benzene rings is 1. The van der Waals surface area contributed by atoms with Crippen LogP contribution in [0.5, 0.6) is 5.75 Å². The number of fused-ring (bicyclic) bond motifs is 3. The van der Waals surface area contributed by atoms with Crippen LogP contribution in [-0.4, -0.2) is 31.3 Å². The third-order valence-electron chi connectivity index (χ3n) is 3.40. The molecular weight excluding hydrogens is 256 g/mol. The van der Waals surface area contributed by atoms with Gasteiger partial charge in [0.15, 0.2) is 0 Å². The molecule has 1 N–H and O–H groups in total. The van der Waals surface area contributed by atoms with Gasteiger partial charge in [-0.1, -0.05) is 18.2 Å². The van der Waals surface area contributed by atoms with Gasteiger partial charge in [0.05, 0.1) is 24.2 Å². The van der Waals surface area contributed by atoms with Gasteiger partial charge in [-0.05, 0) is 6.07 Å². The Kier molecular flexibility index (Phi) is 3.30. The molecule has 0 unspecified atom stereocenters. The second kappa shape index (κ2) is 5.11. The maximum atomic E-state index is 5.43. The first kappa shape index (κ1) is 12.9. The second-order valence-corrected chi connectivity index (χ2v) is 4.44. The molecule has 0 bridgehead atoms. The standard InChI is InChI=1S/C15H16N2O3/c1-18-11-8-16-14(15(19-2)20-3)13-12(11)9-6-4-5-7-10(9)17-13/h4-8,15,17H,1-3H3. The molecule has 0 saturated heterocycles. The van der Waals surface area contributed by atoms with E-state index in [-0.39, 0.29) is 0 Å². The third-order valence-corrected chi connectivity index (χ3v) is 3.40. The quantitative estimate of drug-likeness (QED) is 0.742. The summed E-state index contributed by atoms with van der Waals surface area (Å²) < 4.78 is 16.1. The predicted molar refractivity (Wildman–Crippen MR) is 76.9 cm³/mol. The van der Waals surface area contributed by atoms with Gasteiger partial charge in [0.2, 0.25) is 6.29 Å². The molecule has 0 saturated carbocycles. The van der Waals surface area contributed by atoms with E-state index in [0.717, 1.165) is 27.6 Å². The number of aromatic amines is 1. The summed E-state index contributed by atoms with van der Waals surface area (Å²) in [6, 6.07) is 8.06. The molecule has 0 atom stereocenters. The summed E-state index contributed by atoms with van der Waals surface area (Å²) >= 11 is 0. The molecule has 0 amide bonds. The Morgan fingerprint density at radius 2 is 1.85 bits per heavy atom. The SMILES string of the molecule is COc1cnc(C(OC)OC)c2[nH]c3ccccc3c12. The van der Waals surface area contributed by atoms with Gasteiger partial charge >= 0.3 is 0 Å². The van der Waals surface area contributed by atoms with Gasteiger partial charge in [-0.3, -0.25) is 0 Å². The Morgan fingerprint density at radius 3 is 2.55 bits per heavy atom. The Labute approximate surface area is 116 Å². The second-order valence-electron chi connectivity index (χ2n) is 4.44. The number of H-pyrrole nitrogens is 1. The number of hydrogen-bond donors (Lipinski definition) is 1. The van der Waals surface area contributed by atoms with E-state index in [1.807, 2.05) is 18.2 Å². The monoisotopic (exact) mass is 272 g/mol. The van der Waals surface area contributed by atoms with E-state index in [9.17, 15) is 0 Å². The minimum absolute atomic E-state index is 0.517. The highest BCUT2D eigenvalue weighted by Crippen LogP contribution is 2.36. The third kappa shape index (κ3) is 1.83. The number of rotatable bonds is 4. The fourth-order valence-electron chi connectivity index (χ4n) is 2.50. The Hall–Kier alpha value is -2.11. The van der Waals surface area contributed by atoms with Gasteiger partial charge in [0.1, 0.15) is 11.4 Å². The van der Waals surface area contributed by atoms with Gasteiger partial charge in [0.25, 0.3) is 0 Å². The van der Waals surface area contributed by atoms with Crippen molar-refractivity contribution < 1.29 is 14.2 Å². The average molecular weight is 272 g/mol. The number of hydrogen-bond acceptors (Lipinski definition) is 4. The number of methoxy groups -OCH3 is 3. The zero-order valence-corrected chi connectivity index (χ0v) is 11.6. The van der Waals surface area contributed by atoms with E-state index < -0.39 is 6.29 Å². The number of aromatic nitrogens is 2.